The second kappa shape index (κ2) is 8.59. The molecule has 0 radical (unpaired) electrons. The van der Waals surface area contributed by atoms with Gasteiger partial charge in [-0.25, -0.2) is 9.18 Å². The third kappa shape index (κ3) is 4.04. The van der Waals surface area contributed by atoms with Gasteiger partial charge in [-0.05, 0) is 24.5 Å². The summed E-state index contributed by atoms with van der Waals surface area (Å²) in [6.07, 6.45) is 1.82. The maximum Gasteiger partial charge on any atom is 0.413 e. The van der Waals surface area contributed by atoms with E-state index >= 15 is 0 Å². The van der Waals surface area contributed by atoms with Gasteiger partial charge in [-0.3, -0.25) is 14.8 Å². The van der Waals surface area contributed by atoms with Crippen molar-refractivity contribution in [2.45, 2.75) is 24.9 Å². The van der Waals surface area contributed by atoms with Crippen LogP contribution in [0.5, 0.6) is 0 Å². The highest BCUT2D eigenvalue weighted by Crippen LogP contribution is 2.54. The first kappa shape index (κ1) is 22.1. The zero-order chi connectivity index (χ0) is 23.9. The normalized spacial score (nSPS) is 13.8. The smallest absolute Gasteiger partial charge is 0.413 e. The summed E-state index contributed by atoms with van der Waals surface area (Å²) in [6.45, 7) is 0.133. The van der Waals surface area contributed by atoms with Crippen molar-refractivity contribution < 1.29 is 23.8 Å². The summed E-state index contributed by atoms with van der Waals surface area (Å²) in [4.78, 5) is 24.7. The number of nitrogens with zero attached hydrogens (tertiary/aromatic N) is 2. The quantitative estimate of drug-likeness (QED) is 0.376. The summed E-state index contributed by atoms with van der Waals surface area (Å²) in [6, 6.07) is 11.1. The number of hydrogen-bond donors (Lipinski definition) is 2. The van der Waals surface area contributed by atoms with Crippen LogP contribution < -0.4 is 5.32 Å². The van der Waals surface area contributed by atoms with Crippen molar-refractivity contribution in [3.05, 3.63) is 69.3 Å². The van der Waals surface area contributed by atoms with Gasteiger partial charge in [-0.1, -0.05) is 42.2 Å². The molecule has 5 rings (SSSR count). The second-order valence-electron chi connectivity index (χ2n) is 7.90. The monoisotopic (exact) mass is 495 g/mol. The van der Waals surface area contributed by atoms with Crippen LogP contribution in [0.25, 0.3) is 9.40 Å². The number of anilines is 1. The molecule has 0 aliphatic heterocycles. The highest BCUT2D eigenvalue weighted by molar-refractivity contribution is 7.28. The SMILES string of the molecule is Cn1ncc(C#Cc2cc3sc(C4(C(=O)O)CC4)c(F)c3s2)c1NC(=O)OCc1ccccc1. The van der Waals surface area contributed by atoms with Gasteiger partial charge in [0, 0.05) is 11.7 Å². The number of carbonyl (C=O) groups excluding carboxylic acids is 1. The number of carboxylic acids is 1. The van der Waals surface area contributed by atoms with Crippen molar-refractivity contribution in [3.63, 3.8) is 0 Å². The van der Waals surface area contributed by atoms with E-state index in [2.05, 4.69) is 22.3 Å². The van der Waals surface area contributed by atoms with Crippen molar-refractivity contribution in [3.8, 4) is 11.8 Å². The minimum atomic E-state index is -1.06. The van der Waals surface area contributed by atoms with Crippen molar-refractivity contribution in [1.29, 1.82) is 0 Å². The Morgan fingerprint density at radius 1 is 1.26 bits per heavy atom. The Kier molecular flexibility index (Phi) is 5.59. The maximum atomic E-state index is 14.9. The molecule has 3 aromatic heterocycles. The molecule has 0 saturated heterocycles. The molecule has 1 aromatic carbocycles. The fourth-order valence-corrected chi connectivity index (χ4v) is 6.05. The van der Waals surface area contributed by atoms with Crippen molar-refractivity contribution >= 4 is 50.0 Å². The molecule has 3 heterocycles. The number of aryl methyl sites for hydroxylation is 1. The number of rotatable bonds is 5. The Labute approximate surface area is 201 Å². The van der Waals surface area contributed by atoms with Crippen molar-refractivity contribution in [1.82, 2.24) is 9.78 Å². The van der Waals surface area contributed by atoms with E-state index in [9.17, 15) is 19.1 Å². The first-order chi connectivity index (χ1) is 16.4. The van der Waals surface area contributed by atoms with Gasteiger partial charge in [-0.2, -0.15) is 5.10 Å². The molecule has 0 atom stereocenters. The predicted molar refractivity (Wildman–Crippen MR) is 128 cm³/mol. The molecule has 1 saturated carbocycles. The van der Waals surface area contributed by atoms with Crippen LogP contribution in [-0.2, 0) is 28.6 Å². The molecule has 4 aromatic rings. The number of halogens is 1. The van der Waals surface area contributed by atoms with Gasteiger partial charge in [0.1, 0.15) is 17.8 Å². The number of nitrogens with one attached hydrogen (secondary N) is 1. The molecule has 2 N–H and O–H groups in total. The van der Waals surface area contributed by atoms with Crippen LogP contribution in [0.2, 0.25) is 0 Å². The zero-order valence-corrected chi connectivity index (χ0v) is 19.6. The van der Waals surface area contributed by atoms with Gasteiger partial charge in [0.15, 0.2) is 5.82 Å². The lowest BCUT2D eigenvalue weighted by atomic mass is 10.1. The van der Waals surface area contributed by atoms with Gasteiger partial charge in [0.05, 0.1) is 26.2 Å². The Morgan fingerprint density at radius 2 is 2.03 bits per heavy atom. The molecule has 172 valence electrons. The number of fused-ring (bicyclic) bond motifs is 1. The lowest BCUT2D eigenvalue weighted by Gasteiger charge is -2.07. The third-order valence-electron chi connectivity index (χ3n) is 5.60. The summed E-state index contributed by atoms with van der Waals surface area (Å²) < 4.78 is 22.8. The lowest BCUT2D eigenvalue weighted by Crippen LogP contribution is -2.19. The molecule has 7 nitrogen and oxygen atoms in total. The van der Waals surface area contributed by atoms with E-state index in [-0.39, 0.29) is 6.61 Å². The predicted octanol–water partition coefficient (Wildman–Crippen LogP) is 5.10. The van der Waals surface area contributed by atoms with Crippen LogP contribution in [0.4, 0.5) is 15.0 Å². The van der Waals surface area contributed by atoms with Crippen molar-refractivity contribution in [2.75, 3.05) is 5.32 Å². The number of carboxylic acid groups (broad SMARTS) is 1. The van der Waals surface area contributed by atoms with E-state index in [0.717, 1.165) is 5.56 Å². The molecular formula is C24H18FN3O4S2. The number of hydrogen-bond acceptors (Lipinski definition) is 6. The minimum absolute atomic E-state index is 0.133. The largest absolute Gasteiger partial charge is 0.481 e. The highest BCUT2D eigenvalue weighted by Gasteiger charge is 2.54. The van der Waals surface area contributed by atoms with Crippen LogP contribution in [0.1, 0.15) is 33.7 Å². The summed E-state index contributed by atoms with van der Waals surface area (Å²) in [5.41, 5.74) is 0.289. The number of thiophene rings is 2. The van der Waals surface area contributed by atoms with Gasteiger partial charge >= 0.3 is 12.1 Å². The van der Waals surface area contributed by atoms with Crippen LogP contribution in [0.15, 0.2) is 42.6 Å². The standard InChI is InChI=1S/C24H18FN3O4S2/c1-28-21(27-23(31)32-13-14-5-3-2-4-6-14)15(12-26-28)7-8-16-11-17-19(33-16)18(25)20(34-17)24(9-10-24)22(29)30/h2-6,11-12H,9-10,13H2,1H3,(H,27,31)(H,29,30). The summed E-state index contributed by atoms with van der Waals surface area (Å²) in [5, 5.41) is 16.3. The number of carbonyl (C=O) groups is 2. The minimum Gasteiger partial charge on any atom is -0.481 e. The topological polar surface area (TPSA) is 93.5 Å². The van der Waals surface area contributed by atoms with E-state index < -0.39 is 23.3 Å². The average molecular weight is 496 g/mol. The zero-order valence-electron chi connectivity index (χ0n) is 17.9. The number of amides is 1. The van der Waals surface area contributed by atoms with Crippen LogP contribution >= 0.6 is 22.7 Å². The molecule has 1 aliphatic carbocycles. The van der Waals surface area contributed by atoms with E-state index in [1.54, 1.807) is 13.1 Å². The lowest BCUT2D eigenvalue weighted by molar-refractivity contribution is -0.140. The van der Waals surface area contributed by atoms with Crippen LogP contribution in [-0.4, -0.2) is 26.9 Å². The maximum absolute atomic E-state index is 14.9. The number of ether oxygens (including phenoxy) is 1. The fourth-order valence-electron chi connectivity index (χ4n) is 3.56. The summed E-state index contributed by atoms with van der Waals surface area (Å²) in [5.74, 6) is 4.92. The van der Waals surface area contributed by atoms with E-state index in [1.807, 2.05) is 30.3 Å². The molecule has 10 heteroatoms. The average Bonchev–Trinajstić information content (AvgIpc) is 3.31. The number of benzene rings is 1. The first-order valence-corrected chi connectivity index (χ1v) is 12.0. The number of aliphatic carboxylic acids is 1. The van der Waals surface area contributed by atoms with Crippen LogP contribution in [0, 0.1) is 17.7 Å². The molecular weight excluding hydrogens is 477 g/mol. The Bertz CT molecular complexity index is 1470. The Balaban J connectivity index is 1.32. The van der Waals surface area contributed by atoms with Gasteiger partial charge < -0.3 is 9.84 Å². The number of aromatic nitrogens is 2. The molecule has 1 amide bonds. The highest BCUT2D eigenvalue weighted by atomic mass is 32.1. The summed E-state index contributed by atoms with van der Waals surface area (Å²) in [7, 11) is 1.67. The van der Waals surface area contributed by atoms with Crippen LogP contribution in [0.3, 0.4) is 0 Å². The Morgan fingerprint density at radius 3 is 2.71 bits per heavy atom. The summed E-state index contributed by atoms with van der Waals surface area (Å²) >= 11 is 2.36. The molecule has 1 aliphatic rings. The third-order valence-corrected chi connectivity index (χ3v) is 8.08. The first-order valence-electron chi connectivity index (χ1n) is 10.3. The fraction of sp³-hybridized carbons (Fsp3) is 0.208. The van der Waals surface area contributed by atoms with Gasteiger partial charge in [-0.15, -0.1) is 22.7 Å². The molecule has 0 spiro atoms. The second-order valence-corrected chi connectivity index (χ2v) is 10.0. The van der Waals surface area contributed by atoms with Gasteiger partial charge in [0.2, 0.25) is 0 Å². The molecule has 1 fully saturated rings. The molecule has 0 bridgehead atoms. The van der Waals surface area contributed by atoms with Crippen molar-refractivity contribution in [2.24, 2.45) is 7.05 Å². The van der Waals surface area contributed by atoms with E-state index in [1.165, 1.54) is 33.6 Å². The Hall–Kier alpha value is -3.68. The molecule has 0 unspecified atom stereocenters. The molecule has 34 heavy (non-hydrogen) atoms. The van der Waals surface area contributed by atoms with E-state index in [0.29, 0.717) is 43.4 Å². The van der Waals surface area contributed by atoms with E-state index in [4.69, 9.17) is 4.74 Å². The van der Waals surface area contributed by atoms with Gasteiger partial charge in [0.25, 0.3) is 0 Å².